The van der Waals surface area contributed by atoms with E-state index in [9.17, 15) is 4.79 Å². The van der Waals surface area contributed by atoms with Crippen LogP contribution in [0, 0.1) is 0 Å². The molecule has 0 unspecified atom stereocenters. The Balaban J connectivity index is 1.22. The van der Waals surface area contributed by atoms with Crippen LogP contribution in [-0.4, -0.2) is 54.9 Å². The van der Waals surface area contributed by atoms with Crippen molar-refractivity contribution in [3.8, 4) is 11.5 Å². The van der Waals surface area contributed by atoms with Crippen LogP contribution >= 0.6 is 23.8 Å². The molecule has 2 heterocycles. The third kappa shape index (κ3) is 6.07. The number of oxime groups is 1. The molecule has 0 radical (unpaired) electrons. The first-order chi connectivity index (χ1) is 16.9. The number of rotatable bonds is 5. The predicted octanol–water partition coefficient (Wildman–Crippen LogP) is 4.55. The predicted molar refractivity (Wildman–Crippen MR) is 137 cm³/mol. The van der Waals surface area contributed by atoms with Gasteiger partial charge in [-0.25, -0.2) is 4.79 Å². The smallest absolute Gasteiger partial charge is 0.414 e. The molecule has 0 aromatic heterocycles. The number of nitrogens with zero attached hydrogens (tertiary/aromatic N) is 2. The van der Waals surface area contributed by atoms with E-state index in [0.29, 0.717) is 54.0 Å². The van der Waals surface area contributed by atoms with Crippen molar-refractivity contribution in [3.63, 3.8) is 0 Å². The second-order valence-corrected chi connectivity index (χ2v) is 9.06. The normalized spacial score (nSPS) is 16.2. The van der Waals surface area contributed by atoms with Gasteiger partial charge in [0.2, 0.25) is 5.90 Å². The van der Waals surface area contributed by atoms with E-state index in [1.165, 1.54) is 0 Å². The number of piperidine rings is 1. The highest BCUT2D eigenvalue weighted by atomic mass is 35.5. The van der Waals surface area contributed by atoms with Crippen LogP contribution in [0.15, 0.2) is 47.6 Å². The summed E-state index contributed by atoms with van der Waals surface area (Å²) in [7, 11) is 3.13. The van der Waals surface area contributed by atoms with Crippen molar-refractivity contribution >= 4 is 46.6 Å². The third-order valence-corrected chi connectivity index (χ3v) is 6.68. The summed E-state index contributed by atoms with van der Waals surface area (Å²) in [5.74, 6) is 1.47. The Morgan fingerprint density at radius 2 is 1.91 bits per heavy atom. The van der Waals surface area contributed by atoms with Crippen molar-refractivity contribution in [2.45, 2.75) is 31.4 Å². The van der Waals surface area contributed by atoms with E-state index >= 15 is 0 Å². The maximum Gasteiger partial charge on any atom is 0.414 e. The molecule has 1 spiro atoms. The van der Waals surface area contributed by atoms with Gasteiger partial charge in [-0.2, -0.15) is 0 Å². The number of amides is 1. The minimum absolute atomic E-state index is 0.264. The highest BCUT2D eigenvalue weighted by molar-refractivity contribution is 7.80. The molecule has 4 rings (SSSR count). The lowest BCUT2D eigenvalue weighted by Gasteiger charge is -2.38. The first kappa shape index (κ1) is 24.9. The van der Waals surface area contributed by atoms with Crippen molar-refractivity contribution in [2.75, 3.05) is 32.6 Å². The molecule has 1 fully saturated rings. The fourth-order valence-electron chi connectivity index (χ4n) is 3.99. The van der Waals surface area contributed by atoms with E-state index in [0.717, 1.165) is 11.3 Å². The van der Waals surface area contributed by atoms with E-state index in [1.807, 2.05) is 30.3 Å². The second-order valence-electron chi connectivity index (χ2n) is 8.27. The molecule has 2 aliphatic rings. The number of hydrogen-bond acceptors (Lipinski definition) is 7. The summed E-state index contributed by atoms with van der Waals surface area (Å²) in [6.45, 7) is 1.64. The molecular formula is C24H27ClN4O5S. The minimum atomic E-state index is -0.596. The average Bonchev–Trinajstić information content (AvgIpc) is 3.25. The number of benzene rings is 2. The molecule has 186 valence electrons. The molecule has 2 aliphatic heterocycles. The number of para-hydroxylation sites is 1. The van der Waals surface area contributed by atoms with E-state index in [-0.39, 0.29) is 12.4 Å². The van der Waals surface area contributed by atoms with E-state index in [4.69, 9.17) is 42.9 Å². The third-order valence-electron chi connectivity index (χ3n) is 5.99. The van der Waals surface area contributed by atoms with Crippen LogP contribution in [0.3, 0.4) is 0 Å². The number of likely N-dealkylation sites (tertiary alicyclic amines) is 1. The summed E-state index contributed by atoms with van der Waals surface area (Å²) in [5.41, 5.74) is 1.12. The molecule has 2 aromatic carbocycles. The zero-order chi connectivity index (χ0) is 24.8. The number of hydrogen-bond donors (Lipinski definition) is 2. The van der Waals surface area contributed by atoms with Gasteiger partial charge in [0.15, 0.2) is 16.6 Å². The van der Waals surface area contributed by atoms with Gasteiger partial charge in [0, 0.05) is 32.5 Å². The Kier molecular flexibility index (Phi) is 7.82. The summed E-state index contributed by atoms with van der Waals surface area (Å²) in [6.07, 6.45) is 1.22. The lowest BCUT2D eigenvalue weighted by molar-refractivity contribution is -0.0521. The number of halogens is 1. The van der Waals surface area contributed by atoms with Crippen LogP contribution in [0.25, 0.3) is 0 Å². The molecule has 1 amide bonds. The molecule has 0 atom stereocenters. The Bertz CT molecular complexity index is 1120. The van der Waals surface area contributed by atoms with Crippen LogP contribution in [0.5, 0.6) is 11.5 Å². The molecule has 2 aromatic rings. The number of nitrogens with one attached hydrogen (secondary N) is 2. The van der Waals surface area contributed by atoms with E-state index in [1.54, 1.807) is 26.4 Å². The first-order valence-electron chi connectivity index (χ1n) is 11.1. The zero-order valence-electron chi connectivity index (χ0n) is 19.5. The molecule has 9 nitrogen and oxygen atoms in total. The van der Waals surface area contributed by atoms with Crippen molar-refractivity contribution in [1.82, 2.24) is 10.2 Å². The number of carbonyl (C=O) groups is 1. The van der Waals surface area contributed by atoms with Crippen molar-refractivity contribution in [2.24, 2.45) is 5.16 Å². The van der Waals surface area contributed by atoms with E-state index < -0.39 is 11.7 Å². The summed E-state index contributed by atoms with van der Waals surface area (Å²) < 4.78 is 15.9. The van der Waals surface area contributed by atoms with Crippen LogP contribution in [0.4, 0.5) is 10.5 Å². The van der Waals surface area contributed by atoms with Gasteiger partial charge in [-0.1, -0.05) is 35.0 Å². The largest absolute Gasteiger partial charge is 0.493 e. The molecule has 1 saturated heterocycles. The Morgan fingerprint density at radius 3 is 2.63 bits per heavy atom. The Morgan fingerprint density at radius 1 is 1.17 bits per heavy atom. The molecule has 2 N–H and O–H groups in total. The Labute approximate surface area is 214 Å². The number of carbonyl (C=O) groups excluding carboxylic acids is 1. The molecule has 0 aliphatic carbocycles. The summed E-state index contributed by atoms with van der Waals surface area (Å²) in [5, 5.41) is 11.2. The van der Waals surface area contributed by atoms with Gasteiger partial charge in [-0.3, -0.25) is 0 Å². The number of methoxy groups -OCH3 is 2. The molecule has 11 heteroatoms. The van der Waals surface area contributed by atoms with Gasteiger partial charge in [-0.15, -0.1) is 0 Å². The molecule has 0 bridgehead atoms. The molecular weight excluding hydrogens is 492 g/mol. The van der Waals surface area contributed by atoms with Crippen LogP contribution in [0.1, 0.15) is 24.8 Å². The maximum absolute atomic E-state index is 12.3. The van der Waals surface area contributed by atoms with Gasteiger partial charge < -0.3 is 34.6 Å². The topological polar surface area (TPSA) is 93.7 Å². The maximum atomic E-state index is 12.3. The van der Waals surface area contributed by atoms with E-state index in [2.05, 4.69) is 20.7 Å². The monoisotopic (exact) mass is 518 g/mol. The van der Waals surface area contributed by atoms with Crippen molar-refractivity contribution in [1.29, 1.82) is 0 Å². The molecule has 35 heavy (non-hydrogen) atoms. The van der Waals surface area contributed by atoms with Gasteiger partial charge in [0.25, 0.3) is 0 Å². The summed E-state index contributed by atoms with van der Waals surface area (Å²) in [4.78, 5) is 20.1. The number of thiocarbonyl (C=S) groups is 1. The average molecular weight is 519 g/mol. The van der Waals surface area contributed by atoms with Gasteiger partial charge >= 0.3 is 6.09 Å². The second kappa shape index (κ2) is 11.0. The number of anilines is 1. The fraction of sp³-hybridized carbons (Fsp3) is 0.375. The van der Waals surface area contributed by atoms with Gasteiger partial charge in [0.1, 0.15) is 5.60 Å². The molecule has 0 saturated carbocycles. The van der Waals surface area contributed by atoms with Crippen LogP contribution in [0.2, 0.25) is 5.02 Å². The van der Waals surface area contributed by atoms with Crippen LogP contribution < -0.4 is 20.1 Å². The van der Waals surface area contributed by atoms with Crippen molar-refractivity contribution < 1.29 is 23.8 Å². The Hall–Kier alpha value is -3.24. The zero-order valence-corrected chi connectivity index (χ0v) is 21.1. The number of alkyl carbamates (subject to hydrolysis) is 1. The summed E-state index contributed by atoms with van der Waals surface area (Å²) in [6, 6.07) is 12.9. The van der Waals surface area contributed by atoms with Gasteiger partial charge in [0.05, 0.1) is 31.4 Å². The summed E-state index contributed by atoms with van der Waals surface area (Å²) >= 11 is 11.8. The standard InChI is InChI=1S/C24H27ClN4O5S/c1-31-19-8-7-16(13-20(19)32-2)15-26-23(30)33-21-14-24(34-28-21)9-11-29(12-10-24)22(35)27-18-6-4-3-5-17(18)25/h3-8,13H,9-12,14-15H2,1-2H3,(H,26,30)(H,27,35). The highest BCUT2D eigenvalue weighted by Gasteiger charge is 2.44. The lowest BCUT2D eigenvalue weighted by atomic mass is 9.88. The lowest BCUT2D eigenvalue weighted by Crippen LogP contribution is -2.48. The van der Waals surface area contributed by atoms with Crippen molar-refractivity contribution in [3.05, 3.63) is 53.1 Å². The first-order valence-corrected chi connectivity index (χ1v) is 11.9. The quantitative estimate of drug-likeness (QED) is 0.557. The highest BCUT2D eigenvalue weighted by Crippen LogP contribution is 2.35. The van der Waals surface area contributed by atoms with Gasteiger partial charge in [-0.05, 0) is 42.0 Å². The number of ether oxygens (including phenoxy) is 3. The minimum Gasteiger partial charge on any atom is -0.493 e. The fourth-order valence-corrected chi connectivity index (χ4v) is 4.47. The van der Waals surface area contributed by atoms with Crippen LogP contribution in [-0.2, 0) is 16.1 Å². The SMILES string of the molecule is COc1ccc(CNC(=O)OC2=NOC3(CCN(C(=S)Nc4ccccc4Cl)CC3)C2)cc1OC.